The Morgan fingerprint density at radius 1 is 0.493 bits per heavy atom. The average Bonchev–Trinajstić information content (AvgIpc) is 4.13. The lowest BCUT2D eigenvalue weighted by molar-refractivity contribution is 0.464. The van der Waals surface area contributed by atoms with Crippen molar-refractivity contribution >= 4 is 106 Å². The fourth-order valence-corrected chi connectivity index (χ4v) is 11.9. The van der Waals surface area contributed by atoms with E-state index in [-0.39, 0.29) is 6.71 Å². The van der Waals surface area contributed by atoms with Crippen molar-refractivity contribution in [3.8, 4) is 45.5 Å². The number of allylic oxidation sites excluding steroid dienone is 3. The van der Waals surface area contributed by atoms with Gasteiger partial charge in [-0.3, -0.25) is 4.98 Å². The zero-order valence-electron chi connectivity index (χ0n) is 36.9. The SMILES string of the molecule is C1=CCc2c(c3ccccc3n2-c2ccc3c(c2)Oc2cc(-c4cccc5c4oc4ccc6oc7ccccc7c6c45)cc4c2B3c2ccc(-n3c5ccccc5c5ccncc53)cc2O4)/C=C\C1. The zero-order valence-corrected chi connectivity index (χ0v) is 36.9. The number of hydrogen-bond donors (Lipinski definition) is 0. The predicted octanol–water partition coefficient (Wildman–Crippen LogP) is 13.8. The van der Waals surface area contributed by atoms with Gasteiger partial charge in [0.15, 0.2) is 0 Å². The molecule has 3 aliphatic rings. The highest BCUT2D eigenvalue weighted by Gasteiger charge is 2.41. The van der Waals surface area contributed by atoms with Crippen molar-refractivity contribution in [1.29, 1.82) is 0 Å². The number of rotatable bonds is 3. The largest absolute Gasteiger partial charge is 0.458 e. The number of nitrogens with zero attached hydrogens (tertiary/aromatic N) is 3. The lowest BCUT2D eigenvalue weighted by Crippen LogP contribution is -2.57. The van der Waals surface area contributed by atoms with Crippen molar-refractivity contribution in [1.82, 2.24) is 14.1 Å². The molecule has 0 atom stereocenters. The molecule has 0 spiro atoms. The Balaban J connectivity index is 0.920. The van der Waals surface area contributed by atoms with Crippen LogP contribution in [0.25, 0.3) is 105 Å². The molecule has 2 aliphatic heterocycles. The molecule has 0 amide bonds. The zero-order chi connectivity index (χ0) is 44.9. The summed E-state index contributed by atoms with van der Waals surface area (Å²) in [6, 6.07) is 55.8. The van der Waals surface area contributed by atoms with Crippen LogP contribution in [-0.2, 0) is 6.42 Å². The van der Waals surface area contributed by atoms with Crippen molar-refractivity contribution in [2.45, 2.75) is 12.8 Å². The van der Waals surface area contributed by atoms with Crippen LogP contribution in [0.15, 0.2) is 197 Å². The summed E-state index contributed by atoms with van der Waals surface area (Å²) in [7, 11) is 0. The maximum atomic E-state index is 7.21. The number of fused-ring (bicyclic) bond motifs is 17. The molecule has 1 aliphatic carbocycles. The first kappa shape index (κ1) is 37.1. The van der Waals surface area contributed by atoms with Crippen molar-refractivity contribution in [3.05, 3.63) is 200 Å². The molecule has 8 aromatic carbocycles. The summed E-state index contributed by atoms with van der Waals surface area (Å²) >= 11 is 0. The highest BCUT2D eigenvalue weighted by molar-refractivity contribution is 6.98. The first-order chi connectivity index (χ1) is 34.2. The van der Waals surface area contributed by atoms with Gasteiger partial charge >= 0.3 is 0 Å². The minimum Gasteiger partial charge on any atom is -0.458 e. The van der Waals surface area contributed by atoms with Gasteiger partial charge in [0.25, 0.3) is 6.71 Å². The number of furan rings is 2. The molecule has 0 N–H and O–H groups in total. The maximum absolute atomic E-state index is 7.21. The van der Waals surface area contributed by atoms with Gasteiger partial charge in [0.2, 0.25) is 0 Å². The third-order valence-electron chi connectivity index (χ3n) is 14.8. The normalized spacial score (nSPS) is 14.2. The van der Waals surface area contributed by atoms with Crippen LogP contribution in [0.5, 0.6) is 23.0 Å². The van der Waals surface area contributed by atoms with E-state index in [1.165, 1.54) is 27.5 Å². The van der Waals surface area contributed by atoms with Gasteiger partial charge in [0.05, 0.1) is 22.7 Å². The molecule has 0 saturated heterocycles. The minimum absolute atomic E-state index is 0.156. The Kier molecular flexibility index (Phi) is 7.41. The fraction of sp³-hybridized carbons (Fsp3) is 0.0328. The second-order valence-electron chi connectivity index (χ2n) is 18.4. The molecular formula is C61H36BN3O4. The highest BCUT2D eigenvalue weighted by Crippen LogP contribution is 2.46. The number of ether oxygens (including phenoxy) is 2. The smallest absolute Gasteiger partial charge is 0.260 e. The molecular weight excluding hydrogens is 849 g/mol. The fourth-order valence-electron chi connectivity index (χ4n) is 11.9. The molecule has 13 aromatic rings. The van der Waals surface area contributed by atoms with Crippen LogP contribution in [-0.4, -0.2) is 20.8 Å². The molecule has 5 aromatic heterocycles. The molecule has 0 unspecified atom stereocenters. The van der Waals surface area contributed by atoms with Gasteiger partial charge in [-0.05, 0) is 83.6 Å². The first-order valence-electron chi connectivity index (χ1n) is 23.6. The molecule has 7 heterocycles. The van der Waals surface area contributed by atoms with E-state index >= 15 is 0 Å². The van der Waals surface area contributed by atoms with Crippen LogP contribution >= 0.6 is 0 Å². The Hall–Kier alpha value is -9.01. The summed E-state index contributed by atoms with van der Waals surface area (Å²) in [4.78, 5) is 4.57. The molecule has 0 fully saturated rings. The molecule has 16 rings (SSSR count). The third-order valence-corrected chi connectivity index (χ3v) is 14.8. The van der Waals surface area contributed by atoms with Gasteiger partial charge in [-0.15, -0.1) is 0 Å². The van der Waals surface area contributed by atoms with Crippen LogP contribution in [0.2, 0.25) is 0 Å². The Bertz CT molecular complexity index is 4410. The van der Waals surface area contributed by atoms with E-state index in [1.807, 2.05) is 36.7 Å². The van der Waals surface area contributed by atoms with Crippen molar-refractivity contribution in [2.75, 3.05) is 0 Å². The van der Waals surface area contributed by atoms with Gasteiger partial charge in [-0.1, -0.05) is 109 Å². The Morgan fingerprint density at radius 3 is 1.97 bits per heavy atom. The second kappa shape index (κ2) is 13.8. The summed E-state index contributed by atoms with van der Waals surface area (Å²) in [6.45, 7) is -0.156. The molecule has 0 bridgehead atoms. The van der Waals surface area contributed by atoms with E-state index in [0.29, 0.717) is 0 Å². The monoisotopic (exact) mass is 885 g/mol. The number of para-hydroxylation sites is 4. The lowest BCUT2D eigenvalue weighted by atomic mass is 9.35. The topological polar surface area (TPSA) is 67.5 Å². The Morgan fingerprint density at radius 2 is 1.16 bits per heavy atom. The van der Waals surface area contributed by atoms with Crippen LogP contribution < -0.4 is 25.9 Å². The van der Waals surface area contributed by atoms with Crippen molar-refractivity contribution < 1.29 is 18.3 Å². The third kappa shape index (κ3) is 5.15. The summed E-state index contributed by atoms with van der Waals surface area (Å²) in [5.41, 5.74) is 16.3. The van der Waals surface area contributed by atoms with Crippen LogP contribution in [0, 0.1) is 0 Å². The van der Waals surface area contributed by atoms with Crippen LogP contribution in [0.3, 0.4) is 0 Å². The van der Waals surface area contributed by atoms with Gasteiger partial charge in [-0.2, -0.15) is 0 Å². The number of benzene rings is 8. The summed E-state index contributed by atoms with van der Waals surface area (Å²) < 4.78 is 32.3. The van der Waals surface area contributed by atoms with Crippen LogP contribution in [0.4, 0.5) is 0 Å². The van der Waals surface area contributed by atoms with E-state index < -0.39 is 0 Å². The first-order valence-corrected chi connectivity index (χ1v) is 23.6. The quantitative estimate of drug-likeness (QED) is 0.131. The van der Waals surface area contributed by atoms with Crippen molar-refractivity contribution in [2.24, 2.45) is 0 Å². The summed E-state index contributed by atoms with van der Waals surface area (Å²) in [5.74, 6) is 3.13. The molecule has 8 heteroatoms. The van der Waals surface area contributed by atoms with Gasteiger partial charge in [-0.25, -0.2) is 0 Å². The summed E-state index contributed by atoms with van der Waals surface area (Å²) in [6.07, 6.45) is 14.7. The second-order valence-corrected chi connectivity index (χ2v) is 18.4. The highest BCUT2D eigenvalue weighted by atomic mass is 16.5. The average molecular weight is 886 g/mol. The van der Waals surface area contributed by atoms with Crippen LogP contribution in [0.1, 0.15) is 17.7 Å². The van der Waals surface area contributed by atoms with E-state index in [4.69, 9.17) is 18.3 Å². The predicted molar refractivity (Wildman–Crippen MR) is 280 cm³/mol. The maximum Gasteiger partial charge on any atom is 0.260 e. The number of hydrogen-bond acceptors (Lipinski definition) is 5. The van der Waals surface area contributed by atoms with Gasteiger partial charge in [0, 0.05) is 96.1 Å². The molecule has 69 heavy (non-hydrogen) atoms. The van der Waals surface area contributed by atoms with Gasteiger partial charge in [0.1, 0.15) is 45.3 Å². The van der Waals surface area contributed by atoms with E-state index in [0.717, 1.165) is 135 Å². The van der Waals surface area contributed by atoms with Gasteiger partial charge < -0.3 is 27.4 Å². The Labute approximate surface area is 394 Å². The lowest BCUT2D eigenvalue weighted by Gasteiger charge is -2.34. The molecule has 7 nitrogen and oxygen atoms in total. The van der Waals surface area contributed by atoms with Crippen molar-refractivity contribution in [3.63, 3.8) is 0 Å². The number of aromatic nitrogens is 3. The number of pyridine rings is 1. The van der Waals surface area contributed by atoms with E-state index in [2.05, 4.69) is 172 Å². The molecule has 322 valence electrons. The van der Waals surface area contributed by atoms with E-state index in [9.17, 15) is 0 Å². The summed E-state index contributed by atoms with van der Waals surface area (Å²) in [5, 5.41) is 7.77. The molecule has 0 saturated carbocycles. The van der Waals surface area contributed by atoms with E-state index in [1.54, 1.807) is 0 Å². The molecule has 0 radical (unpaired) electrons. The minimum atomic E-state index is -0.156. The standard InChI is InChI=1S/C61H36BN3O4/c1-2-4-18-47-39(12-3-1)40-13-5-8-19-48(40)64(47)36-22-24-45-54(32-36)67-56-30-35(38-16-11-17-44-59-53(69-61(38)44)27-26-52-58(59)43-15-7-10-21-51(43)66-52)31-57-60(56)62(45)46-25-23-37(33-55(46)68-57)65-49-20-9-6-14-41(49)42-28-29-63-34-50(42)65/h2-17,19-34H,1,18H2/b4-2?,12-3-.